The molecule has 0 radical (unpaired) electrons. The lowest BCUT2D eigenvalue weighted by atomic mass is 9.42. The summed E-state index contributed by atoms with van der Waals surface area (Å²) < 4.78 is 0. The van der Waals surface area contributed by atoms with Gasteiger partial charge in [-0.25, -0.2) is 0 Å². The number of rotatable bonds is 3. The second-order valence-electron chi connectivity index (χ2n) is 9.13. The maximum atomic E-state index is 4.44. The largest absolute Gasteiger partial charge is 0.176 e. The highest BCUT2D eigenvalue weighted by molar-refractivity contribution is 6.74. The summed E-state index contributed by atoms with van der Waals surface area (Å²) in [6, 6.07) is 19.4. The van der Waals surface area contributed by atoms with Crippen molar-refractivity contribution in [3.63, 3.8) is 0 Å². The molecule has 2 heterocycles. The Balaban J connectivity index is 1.47. The van der Waals surface area contributed by atoms with E-state index in [4.69, 9.17) is 0 Å². The molecule has 26 heavy (non-hydrogen) atoms. The Morgan fingerprint density at radius 2 is 1.19 bits per heavy atom. The molecule has 0 aromatic heterocycles. The first-order chi connectivity index (χ1) is 12.4. The molecule has 2 aromatic carbocycles. The SMILES string of the molecule is CC1(C)CB(c2ccc(C3=NN=C(c4ccccc4)C3)cc2)CC1(C)C. The van der Waals surface area contributed by atoms with Crippen LogP contribution in [0.15, 0.2) is 64.8 Å². The monoisotopic (exact) mass is 342 g/mol. The summed E-state index contributed by atoms with van der Waals surface area (Å²) in [5.41, 5.74) is 6.74. The molecule has 1 fully saturated rings. The predicted molar refractivity (Wildman–Crippen MR) is 113 cm³/mol. The molecule has 3 heteroatoms. The molecule has 132 valence electrons. The van der Waals surface area contributed by atoms with E-state index in [9.17, 15) is 0 Å². The van der Waals surface area contributed by atoms with Gasteiger partial charge in [-0.15, -0.1) is 0 Å². The summed E-state index contributed by atoms with van der Waals surface area (Å²) in [6.07, 6.45) is 3.34. The maximum absolute atomic E-state index is 4.44. The fraction of sp³-hybridized carbons (Fsp3) is 0.391. The summed E-state index contributed by atoms with van der Waals surface area (Å²) in [4.78, 5) is 0. The molecule has 0 unspecified atom stereocenters. The van der Waals surface area contributed by atoms with E-state index in [2.05, 4.69) is 86.4 Å². The van der Waals surface area contributed by atoms with E-state index in [-0.39, 0.29) is 0 Å². The number of benzene rings is 2. The lowest BCUT2D eigenvalue weighted by Gasteiger charge is -2.35. The minimum absolute atomic E-state index is 0.393. The summed E-state index contributed by atoms with van der Waals surface area (Å²) in [6.45, 7) is 10.3. The van der Waals surface area contributed by atoms with Crippen LogP contribution < -0.4 is 5.46 Å². The van der Waals surface area contributed by atoms with E-state index >= 15 is 0 Å². The molecule has 0 spiro atoms. The van der Waals surface area contributed by atoms with Crippen LogP contribution in [0.2, 0.25) is 12.6 Å². The first-order valence-electron chi connectivity index (χ1n) is 9.65. The molecule has 0 saturated carbocycles. The van der Waals surface area contributed by atoms with E-state index in [0.717, 1.165) is 17.8 Å². The normalized spacial score (nSPS) is 20.8. The molecule has 4 rings (SSSR count). The summed E-state index contributed by atoms with van der Waals surface area (Å²) in [5, 5.41) is 8.85. The Morgan fingerprint density at radius 1 is 0.692 bits per heavy atom. The van der Waals surface area contributed by atoms with Crippen LogP contribution >= 0.6 is 0 Å². The molecular weight excluding hydrogens is 315 g/mol. The highest BCUT2D eigenvalue weighted by Crippen LogP contribution is 2.52. The number of hydrogen-bond donors (Lipinski definition) is 0. The molecule has 1 saturated heterocycles. The van der Waals surface area contributed by atoms with Crippen LogP contribution in [0.4, 0.5) is 0 Å². The second kappa shape index (κ2) is 6.23. The van der Waals surface area contributed by atoms with Crippen molar-refractivity contribution in [3.05, 3.63) is 65.7 Å². The maximum Gasteiger partial charge on any atom is 0.176 e. The van der Waals surface area contributed by atoms with Crippen molar-refractivity contribution in [2.75, 3.05) is 0 Å². The summed E-state index contributed by atoms with van der Waals surface area (Å²) >= 11 is 0. The Labute approximate surface area is 157 Å². The minimum atomic E-state index is 0.393. The molecule has 0 bridgehead atoms. The van der Waals surface area contributed by atoms with Gasteiger partial charge in [0, 0.05) is 6.42 Å². The third kappa shape index (κ3) is 3.04. The van der Waals surface area contributed by atoms with Crippen molar-refractivity contribution < 1.29 is 0 Å². The van der Waals surface area contributed by atoms with Crippen molar-refractivity contribution in [2.24, 2.45) is 21.0 Å². The van der Waals surface area contributed by atoms with Gasteiger partial charge in [-0.2, -0.15) is 10.2 Å². The second-order valence-corrected chi connectivity index (χ2v) is 9.13. The van der Waals surface area contributed by atoms with Crippen LogP contribution in [0.25, 0.3) is 0 Å². The number of hydrogen-bond acceptors (Lipinski definition) is 2. The number of nitrogens with zero attached hydrogens (tertiary/aromatic N) is 2. The van der Waals surface area contributed by atoms with E-state index in [1.807, 2.05) is 6.07 Å². The lowest BCUT2D eigenvalue weighted by molar-refractivity contribution is 0.177. The highest BCUT2D eigenvalue weighted by atomic mass is 15.2. The Kier molecular flexibility index (Phi) is 4.14. The average Bonchev–Trinajstić information content (AvgIpc) is 3.19. The van der Waals surface area contributed by atoms with Gasteiger partial charge in [0.15, 0.2) is 6.71 Å². The third-order valence-corrected chi connectivity index (χ3v) is 6.79. The summed E-state index contributed by atoms with van der Waals surface area (Å²) in [7, 11) is 0. The van der Waals surface area contributed by atoms with Gasteiger partial charge in [0.25, 0.3) is 0 Å². The van der Waals surface area contributed by atoms with Crippen molar-refractivity contribution in [2.45, 2.75) is 46.8 Å². The van der Waals surface area contributed by atoms with Crippen LogP contribution in [-0.2, 0) is 0 Å². The molecule has 0 aliphatic carbocycles. The van der Waals surface area contributed by atoms with Crippen LogP contribution in [0, 0.1) is 10.8 Å². The Morgan fingerprint density at radius 3 is 1.73 bits per heavy atom. The predicted octanol–water partition coefficient (Wildman–Crippen LogP) is 5.05. The van der Waals surface area contributed by atoms with Crippen molar-refractivity contribution >= 4 is 23.6 Å². The van der Waals surface area contributed by atoms with Gasteiger partial charge >= 0.3 is 0 Å². The fourth-order valence-electron chi connectivity index (χ4n) is 4.34. The smallest absolute Gasteiger partial charge is 0.154 e. The zero-order valence-electron chi connectivity index (χ0n) is 16.3. The Hall–Kier alpha value is -2.16. The van der Waals surface area contributed by atoms with E-state index in [0.29, 0.717) is 17.5 Å². The van der Waals surface area contributed by atoms with Gasteiger partial charge < -0.3 is 0 Å². The van der Waals surface area contributed by atoms with E-state index < -0.39 is 0 Å². The molecule has 0 atom stereocenters. The summed E-state index contributed by atoms with van der Waals surface area (Å²) in [5.74, 6) is 0. The van der Waals surface area contributed by atoms with Gasteiger partial charge in [-0.3, -0.25) is 0 Å². The molecule has 0 amide bonds. The topological polar surface area (TPSA) is 24.7 Å². The van der Waals surface area contributed by atoms with Crippen molar-refractivity contribution in [3.8, 4) is 0 Å². The third-order valence-electron chi connectivity index (χ3n) is 6.79. The van der Waals surface area contributed by atoms with E-state index in [1.165, 1.54) is 29.2 Å². The standard InChI is InChI=1S/C23H27BN2/c1-22(2)15-24(16-23(22,3)4)19-12-10-18(11-13-19)21-14-20(25-26-21)17-8-6-5-7-9-17/h5-13H,14-16H2,1-4H3. The fourth-order valence-corrected chi connectivity index (χ4v) is 4.34. The van der Waals surface area contributed by atoms with Gasteiger partial charge in [0.1, 0.15) is 0 Å². The Bertz CT molecular complexity index is 845. The quantitative estimate of drug-likeness (QED) is 0.697. The first kappa shape index (κ1) is 17.3. The van der Waals surface area contributed by atoms with Gasteiger partial charge in [-0.05, 0) is 22.0 Å². The zero-order valence-corrected chi connectivity index (χ0v) is 16.3. The van der Waals surface area contributed by atoms with Crippen LogP contribution in [-0.4, -0.2) is 18.1 Å². The average molecular weight is 342 g/mol. The molecule has 2 aromatic rings. The highest BCUT2D eigenvalue weighted by Gasteiger charge is 2.47. The van der Waals surface area contributed by atoms with Gasteiger partial charge in [-0.1, -0.05) is 100 Å². The molecule has 2 aliphatic heterocycles. The van der Waals surface area contributed by atoms with Gasteiger partial charge in [0.2, 0.25) is 0 Å². The molecule has 0 N–H and O–H groups in total. The zero-order chi connectivity index (χ0) is 18.4. The molecule has 2 aliphatic rings. The lowest BCUT2D eigenvalue weighted by Crippen LogP contribution is -2.27. The van der Waals surface area contributed by atoms with Crippen LogP contribution in [0.5, 0.6) is 0 Å². The van der Waals surface area contributed by atoms with Crippen molar-refractivity contribution in [1.29, 1.82) is 0 Å². The van der Waals surface area contributed by atoms with Crippen LogP contribution in [0.3, 0.4) is 0 Å². The van der Waals surface area contributed by atoms with Crippen molar-refractivity contribution in [1.82, 2.24) is 0 Å². The first-order valence-corrected chi connectivity index (χ1v) is 9.65. The van der Waals surface area contributed by atoms with E-state index in [1.54, 1.807) is 0 Å². The molecule has 2 nitrogen and oxygen atoms in total. The minimum Gasteiger partial charge on any atom is -0.154 e. The van der Waals surface area contributed by atoms with Gasteiger partial charge in [0.05, 0.1) is 11.4 Å². The van der Waals surface area contributed by atoms with Crippen LogP contribution in [0.1, 0.15) is 45.2 Å². The molecular formula is C23H27BN2.